The molecule has 1 unspecified atom stereocenters. The monoisotopic (exact) mass is 288 g/mol. The van der Waals surface area contributed by atoms with Crippen LogP contribution in [0.2, 0.25) is 0 Å². The third-order valence-corrected chi connectivity index (χ3v) is 3.04. The Hall–Kier alpha value is -0.410. The number of hydrogen-bond acceptors (Lipinski definition) is 1. The average Bonchev–Trinajstić information content (AvgIpc) is 2.19. The van der Waals surface area contributed by atoms with Crippen LogP contribution in [0.25, 0.3) is 0 Å². The van der Waals surface area contributed by atoms with Crippen molar-refractivity contribution in [1.29, 1.82) is 0 Å². The molecule has 0 saturated heterocycles. The van der Waals surface area contributed by atoms with Crippen molar-refractivity contribution in [2.45, 2.75) is 39.2 Å². The standard InChI is InChI=1S/C13H18BrFO/c1-9(2)3-6-12(16)7-10-4-5-11(14)8-13(10)15/h4-5,8-9,12,16H,3,6-7H2,1-2H3. The zero-order chi connectivity index (χ0) is 12.1. The lowest BCUT2D eigenvalue weighted by molar-refractivity contribution is 0.156. The molecule has 0 saturated carbocycles. The first-order valence-corrected chi connectivity index (χ1v) is 6.40. The number of hydrogen-bond donors (Lipinski definition) is 1. The topological polar surface area (TPSA) is 20.2 Å². The van der Waals surface area contributed by atoms with E-state index >= 15 is 0 Å². The second-order valence-corrected chi connectivity index (χ2v) is 5.48. The van der Waals surface area contributed by atoms with Gasteiger partial charge in [-0.25, -0.2) is 4.39 Å². The Kier molecular flexibility index (Phi) is 5.42. The molecule has 0 spiro atoms. The molecule has 0 aromatic heterocycles. The lowest BCUT2D eigenvalue weighted by Crippen LogP contribution is -2.12. The first-order chi connectivity index (χ1) is 7.49. The predicted octanol–water partition coefficient (Wildman–Crippen LogP) is 3.93. The summed E-state index contributed by atoms with van der Waals surface area (Å²) in [5.41, 5.74) is 0.583. The highest BCUT2D eigenvalue weighted by atomic mass is 79.9. The second kappa shape index (κ2) is 6.36. The molecular formula is C13H18BrFO. The van der Waals surface area contributed by atoms with E-state index in [-0.39, 0.29) is 5.82 Å². The minimum atomic E-state index is -0.446. The molecule has 1 aromatic carbocycles. The number of benzene rings is 1. The lowest BCUT2D eigenvalue weighted by Gasteiger charge is -2.12. The van der Waals surface area contributed by atoms with Crippen molar-refractivity contribution in [3.05, 3.63) is 34.1 Å². The van der Waals surface area contributed by atoms with Gasteiger partial charge in [0, 0.05) is 10.9 Å². The summed E-state index contributed by atoms with van der Waals surface area (Å²) in [6.45, 7) is 4.24. The molecule has 16 heavy (non-hydrogen) atoms. The second-order valence-electron chi connectivity index (χ2n) is 4.56. The largest absolute Gasteiger partial charge is 0.393 e. The summed E-state index contributed by atoms with van der Waals surface area (Å²) in [7, 11) is 0. The number of aliphatic hydroxyl groups excluding tert-OH is 1. The molecule has 0 bridgehead atoms. The first-order valence-electron chi connectivity index (χ1n) is 5.61. The van der Waals surface area contributed by atoms with Gasteiger partial charge >= 0.3 is 0 Å². The van der Waals surface area contributed by atoms with Gasteiger partial charge in [0.15, 0.2) is 0 Å². The number of rotatable bonds is 5. The van der Waals surface area contributed by atoms with Crippen LogP contribution in [0.4, 0.5) is 4.39 Å². The summed E-state index contributed by atoms with van der Waals surface area (Å²) in [5.74, 6) is 0.322. The van der Waals surface area contributed by atoms with E-state index in [1.165, 1.54) is 6.07 Å². The maximum Gasteiger partial charge on any atom is 0.127 e. The summed E-state index contributed by atoms with van der Waals surface area (Å²) in [6, 6.07) is 4.95. The van der Waals surface area contributed by atoms with Gasteiger partial charge in [0.2, 0.25) is 0 Å². The Morgan fingerprint density at radius 2 is 2.00 bits per heavy atom. The van der Waals surface area contributed by atoms with Crippen LogP contribution in [-0.2, 0) is 6.42 Å². The van der Waals surface area contributed by atoms with Gasteiger partial charge < -0.3 is 5.11 Å². The van der Waals surface area contributed by atoms with Crippen LogP contribution in [0.5, 0.6) is 0 Å². The molecule has 0 aliphatic carbocycles. The van der Waals surface area contributed by atoms with Crippen molar-refractivity contribution in [2.24, 2.45) is 5.92 Å². The summed E-state index contributed by atoms with van der Waals surface area (Å²) in [4.78, 5) is 0. The third-order valence-electron chi connectivity index (χ3n) is 2.55. The van der Waals surface area contributed by atoms with Crippen LogP contribution in [0.1, 0.15) is 32.3 Å². The molecule has 1 N–H and O–H groups in total. The molecule has 0 aliphatic heterocycles. The summed E-state index contributed by atoms with van der Waals surface area (Å²) >= 11 is 3.21. The van der Waals surface area contributed by atoms with E-state index in [2.05, 4.69) is 29.8 Å². The van der Waals surface area contributed by atoms with Gasteiger partial charge in [0.1, 0.15) is 5.82 Å². The predicted molar refractivity (Wildman–Crippen MR) is 67.9 cm³/mol. The van der Waals surface area contributed by atoms with Crippen LogP contribution >= 0.6 is 15.9 Å². The lowest BCUT2D eigenvalue weighted by atomic mass is 10.00. The molecule has 1 aromatic rings. The first kappa shape index (κ1) is 13.7. The fraction of sp³-hybridized carbons (Fsp3) is 0.538. The Morgan fingerprint density at radius 3 is 2.56 bits per heavy atom. The van der Waals surface area contributed by atoms with Crippen LogP contribution in [0, 0.1) is 11.7 Å². The molecule has 1 atom stereocenters. The Balaban J connectivity index is 2.52. The van der Waals surface area contributed by atoms with Crippen molar-refractivity contribution in [2.75, 3.05) is 0 Å². The Morgan fingerprint density at radius 1 is 1.31 bits per heavy atom. The van der Waals surface area contributed by atoms with E-state index in [1.807, 2.05) is 0 Å². The van der Waals surface area contributed by atoms with Gasteiger partial charge in [-0.3, -0.25) is 0 Å². The van der Waals surface area contributed by atoms with Crippen molar-refractivity contribution >= 4 is 15.9 Å². The highest BCUT2D eigenvalue weighted by molar-refractivity contribution is 9.10. The van der Waals surface area contributed by atoms with Gasteiger partial charge in [-0.2, -0.15) is 0 Å². The van der Waals surface area contributed by atoms with Gasteiger partial charge in [0.05, 0.1) is 6.10 Å². The SMILES string of the molecule is CC(C)CCC(O)Cc1ccc(Br)cc1F. The molecule has 90 valence electrons. The number of aliphatic hydroxyl groups is 1. The molecule has 0 radical (unpaired) electrons. The number of halogens is 2. The molecule has 0 aliphatic rings. The fourth-order valence-corrected chi connectivity index (χ4v) is 1.90. The zero-order valence-corrected chi connectivity index (χ0v) is 11.3. The van der Waals surface area contributed by atoms with Gasteiger partial charge in [-0.15, -0.1) is 0 Å². The van der Waals surface area contributed by atoms with E-state index in [4.69, 9.17) is 0 Å². The third kappa shape index (κ3) is 4.62. The highest BCUT2D eigenvalue weighted by Gasteiger charge is 2.10. The van der Waals surface area contributed by atoms with Gasteiger partial charge in [-0.05, 0) is 36.5 Å². The van der Waals surface area contributed by atoms with Crippen molar-refractivity contribution in [1.82, 2.24) is 0 Å². The molecule has 1 nitrogen and oxygen atoms in total. The van der Waals surface area contributed by atoms with E-state index in [1.54, 1.807) is 12.1 Å². The quantitative estimate of drug-likeness (QED) is 0.870. The van der Waals surface area contributed by atoms with E-state index in [0.29, 0.717) is 17.9 Å². The van der Waals surface area contributed by atoms with Crippen LogP contribution in [-0.4, -0.2) is 11.2 Å². The molecular weight excluding hydrogens is 271 g/mol. The molecule has 0 fully saturated rings. The molecule has 1 rings (SSSR count). The van der Waals surface area contributed by atoms with Gasteiger partial charge in [-0.1, -0.05) is 35.8 Å². The smallest absolute Gasteiger partial charge is 0.127 e. The normalized spacial score (nSPS) is 13.1. The summed E-state index contributed by atoms with van der Waals surface area (Å²) in [5, 5.41) is 9.77. The van der Waals surface area contributed by atoms with E-state index in [0.717, 1.165) is 17.3 Å². The van der Waals surface area contributed by atoms with Crippen molar-refractivity contribution in [3.8, 4) is 0 Å². The maximum absolute atomic E-state index is 13.5. The van der Waals surface area contributed by atoms with E-state index in [9.17, 15) is 9.50 Å². The molecule has 3 heteroatoms. The maximum atomic E-state index is 13.5. The molecule has 0 amide bonds. The fourth-order valence-electron chi connectivity index (χ4n) is 1.57. The summed E-state index contributed by atoms with van der Waals surface area (Å²) < 4.78 is 14.2. The van der Waals surface area contributed by atoms with Crippen molar-refractivity contribution in [3.63, 3.8) is 0 Å². The highest BCUT2D eigenvalue weighted by Crippen LogP contribution is 2.18. The van der Waals surface area contributed by atoms with Crippen LogP contribution in [0.3, 0.4) is 0 Å². The minimum absolute atomic E-state index is 0.252. The van der Waals surface area contributed by atoms with Gasteiger partial charge in [0.25, 0.3) is 0 Å². The minimum Gasteiger partial charge on any atom is -0.393 e. The van der Waals surface area contributed by atoms with Crippen LogP contribution < -0.4 is 0 Å². The van der Waals surface area contributed by atoms with Crippen LogP contribution in [0.15, 0.2) is 22.7 Å². The summed E-state index contributed by atoms with van der Waals surface area (Å²) in [6.07, 6.45) is 1.65. The van der Waals surface area contributed by atoms with E-state index < -0.39 is 6.10 Å². The zero-order valence-electron chi connectivity index (χ0n) is 9.71. The Bertz CT molecular complexity index is 339. The average molecular weight is 289 g/mol. The van der Waals surface area contributed by atoms with Crippen molar-refractivity contribution < 1.29 is 9.50 Å². The molecule has 0 heterocycles. The Labute approximate surface area is 105 Å².